The number of para-hydroxylation sites is 4. The lowest BCUT2D eigenvalue weighted by atomic mass is 10.1. The maximum absolute atomic E-state index is 13.3. The van der Waals surface area contributed by atoms with Crippen LogP contribution in [0.5, 0.6) is 0 Å². The largest absolute Gasteiger partial charge is 0.342 e. The molecule has 0 aliphatic rings. The van der Waals surface area contributed by atoms with E-state index >= 15 is 0 Å². The van der Waals surface area contributed by atoms with Crippen LogP contribution in [0.25, 0.3) is 32.7 Å². The average Bonchev–Trinajstić information content (AvgIpc) is 1.80. The Hall–Kier alpha value is -10.2. The minimum atomic E-state index is -0.246. The maximum atomic E-state index is 13.3. The molecule has 0 aliphatic heterocycles. The van der Waals surface area contributed by atoms with Crippen molar-refractivity contribution in [2.45, 2.75) is 19.6 Å². The number of aldehydes is 2. The van der Waals surface area contributed by atoms with Gasteiger partial charge in [-0.2, -0.15) is 5.10 Å². The number of nitrogens with zero attached hydrogens (tertiary/aromatic N) is 8. The molecular formula is C67H55Cl4N11O5. The Morgan fingerprint density at radius 3 is 1.30 bits per heavy atom. The van der Waals surface area contributed by atoms with Crippen LogP contribution in [0, 0.1) is 0 Å². The number of fused-ring (bicyclic) bond motifs is 3. The fourth-order valence-electron chi connectivity index (χ4n) is 9.88. The summed E-state index contributed by atoms with van der Waals surface area (Å²) in [6.07, 6.45) is 12.9. The number of benzene rings is 7. The molecule has 0 radical (unpaired) electrons. The number of aromatic nitrogens is 9. The number of ketones is 3. The minimum Gasteiger partial charge on any atom is -0.342 e. The highest BCUT2D eigenvalue weighted by molar-refractivity contribution is 6.31. The molecule has 0 spiro atoms. The summed E-state index contributed by atoms with van der Waals surface area (Å²) in [5.74, 6) is 0.0380. The quantitative estimate of drug-likeness (QED) is 0.0343. The summed E-state index contributed by atoms with van der Waals surface area (Å²) in [4.78, 5) is 79.3. The van der Waals surface area contributed by atoms with Crippen molar-refractivity contribution in [1.82, 2.24) is 43.2 Å². The van der Waals surface area contributed by atoms with Gasteiger partial charge in [0.1, 0.15) is 5.69 Å². The van der Waals surface area contributed by atoms with Crippen molar-refractivity contribution >= 4 is 122 Å². The van der Waals surface area contributed by atoms with E-state index in [9.17, 15) is 24.0 Å². The molecule has 0 saturated carbocycles. The molecule has 3 N–H and O–H groups in total. The number of aromatic amines is 2. The van der Waals surface area contributed by atoms with Crippen molar-refractivity contribution in [3.05, 3.63) is 296 Å². The molecule has 6 heterocycles. The fraction of sp³-hybridized carbons (Fsp3) is 0.0597. The Kier molecular flexibility index (Phi) is 18.7. The van der Waals surface area contributed by atoms with Crippen LogP contribution in [-0.2, 0) is 26.7 Å². The van der Waals surface area contributed by atoms with Crippen molar-refractivity contribution in [2.75, 3.05) is 5.43 Å². The van der Waals surface area contributed by atoms with Gasteiger partial charge in [0.05, 0.1) is 52.4 Å². The number of nitrogens with one attached hydrogen (secondary N) is 3. The molecule has 16 nitrogen and oxygen atoms in total. The van der Waals surface area contributed by atoms with Crippen LogP contribution in [0.3, 0.4) is 0 Å². The Bertz CT molecular complexity index is 4650. The normalized spacial score (nSPS) is 11.0. The number of rotatable bonds is 17. The summed E-state index contributed by atoms with van der Waals surface area (Å²) in [6.45, 7) is 1.86. The SMILES string of the molecule is Cl.Cn1cc(C=O)nc1C(=O)c1cn(Cc2ccc(Cl)cc2)c2ccccc12.O=C(c1ncc(/C=N/Nc2ccccc2)[nH]1)c1cn(Cc2ccc(Cl)cc2)c2ccccc12.O=Cc1cnc(C(=O)c2cn(Cc3ccc(Cl)cc3)c3ccccc23)[nH]1.[HH].[HH]. The van der Waals surface area contributed by atoms with Crippen LogP contribution >= 0.6 is 47.2 Å². The smallest absolute Gasteiger partial charge is 0.230 e. The number of carbonyl (C=O) groups excluding carboxylic acids is 5. The van der Waals surface area contributed by atoms with Crippen molar-refractivity contribution in [3.63, 3.8) is 0 Å². The third kappa shape index (κ3) is 13.8. The molecule has 87 heavy (non-hydrogen) atoms. The van der Waals surface area contributed by atoms with Crippen molar-refractivity contribution < 1.29 is 26.8 Å². The molecule has 6 aromatic heterocycles. The first-order chi connectivity index (χ1) is 41.9. The second-order valence-corrected chi connectivity index (χ2v) is 21.2. The van der Waals surface area contributed by atoms with E-state index in [1.54, 1.807) is 30.2 Å². The number of H-pyrrole nitrogens is 2. The highest BCUT2D eigenvalue weighted by Gasteiger charge is 2.23. The Labute approximate surface area is 522 Å². The summed E-state index contributed by atoms with van der Waals surface area (Å²) in [5, 5.41) is 8.84. The lowest BCUT2D eigenvalue weighted by Crippen LogP contribution is -2.08. The maximum Gasteiger partial charge on any atom is 0.230 e. The zero-order valence-electron chi connectivity index (χ0n) is 46.2. The van der Waals surface area contributed by atoms with E-state index in [1.807, 2.05) is 204 Å². The van der Waals surface area contributed by atoms with Crippen LogP contribution < -0.4 is 5.43 Å². The number of hydrazone groups is 1. The molecule has 20 heteroatoms. The van der Waals surface area contributed by atoms with Crippen molar-refractivity contribution in [3.8, 4) is 0 Å². The van der Waals surface area contributed by atoms with Gasteiger partial charge in [-0.1, -0.05) is 144 Å². The van der Waals surface area contributed by atoms with E-state index < -0.39 is 0 Å². The lowest BCUT2D eigenvalue weighted by Gasteiger charge is -2.05. The first-order valence-corrected chi connectivity index (χ1v) is 28.0. The standard InChI is InChI=1S/C26H20ClN5O.C21H16ClN3O2.C20H14ClN3O2.ClH.2H2/c27-19-12-10-18(11-13-19)16-32-17-23(22-8-4-5-9-24(22)32)25(33)26-28-14-21(30-26)15-29-31-20-6-2-1-3-7-20;1-24-11-16(13-26)23-21(24)20(27)18-12-25(19-5-3-2-4-17(18)19)10-14-6-8-15(22)9-7-14;21-14-7-5-13(6-8-14)10-24-11-17(16-3-1-2-4-18(16)24)19(26)20-22-9-15(12-25)23-20;;;/h1-15,17,31H,16H2,(H,28,30);2-9,11-13H,10H2,1H3;1-9,11-12H,10H2,(H,22,23);3*1H/b29-15+;;;;;. The van der Waals surface area contributed by atoms with Gasteiger partial charge in [-0.3, -0.25) is 29.4 Å². The molecule has 13 rings (SSSR count). The zero-order valence-corrected chi connectivity index (χ0v) is 49.3. The third-order valence-electron chi connectivity index (χ3n) is 14.0. The van der Waals surface area contributed by atoms with Gasteiger partial charge in [-0.25, -0.2) is 15.0 Å². The number of hydrogen-bond donors (Lipinski definition) is 3. The fourth-order valence-corrected chi connectivity index (χ4v) is 10.3. The molecule has 0 unspecified atom stereocenters. The minimum absolute atomic E-state index is 0. The van der Waals surface area contributed by atoms with Crippen LogP contribution in [-0.4, -0.2) is 79.3 Å². The van der Waals surface area contributed by atoms with E-state index in [-0.39, 0.29) is 61.5 Å². The van der Waals surface area contributed by atoms with Crippen LogP contribution in [0.2, 0.25) is 15.1 Å². The van der Waals surface area contributed by atoms with E-state index in [0.29, 0.717) is 69.7 Å². The van der Waals surface area contributed by atoms with Gasteiger partial charge in [-0.05, 0) is 83.4 Å². The third-order valence-corrected chi connectivity index (χ3v) is 14.8. The monoisotopic (exact) mass is 1230 g/mol. The summed E-state index contributed by atoms with van der Waals surface area (Å²) < 4.78 is 7.71. The molecule has 7 aromatic carbocycles. The Morgan fingerprint density at radius 2 is 0.897 bits per heavy atom. The summed E-state index contributed by atoms with van der Waals surface area (Å²) in [7, 11) is 1.71. The van der Waals surface area contributed by atoms with Crippen LogP contribution in [0.1, 0.15) is 94.8 Å². The molecule has 0 saturated heterocycles. The number of carbonyl (C=O) groups is 5. The topological polar surface area (TPSA) is 200 Å². The zero-order chi connectivity index (χ0) is 59.7. The van der Waals surface area contributed by atoms with Gasteiger partial charge in [0.15, 0.2) is 30.0 Å². The summed E-state index contributed by atoms with van der Waals surface area (Å²) in [6, 6.07) is 55.9. The van der Waals surface area contributed by atoms with Crippen molar-refractivity contribution in [2.24, 2.45) is 12.1 Å². The van der Waals surface area contributed by atoms with Gasteiger partial charge >= 0.3 is 0 Å². The molecule has 0 amide bonds. The molecular weight excluding hydrogens is 1180 g/mol. The molecule has 436 valence electrons. The van der Waals surface area contributed by atoms with E-state index in [2.05, 4.69) is 40.0 Å². The molecule has 0 fully saturated rings. The van der Waals surface area contributed by atoms with Gasteiger partial charge in [-0.15, -0.1) is 12.4 Å². The van der Waals surface area contributed by atoms with Crippen LogP contribution in [0.15, 0.2) is 218 Å². The summed E-state index contributed by atoms with van der Waals surface area (Å²) >= 11 is 17.9. The second kappa shape index (κ2) is 27.2. The van der Waals surface area contributed by atoms with Gasteiger partial charge < -0.3 is 28.2 Å². The molecule has 13 aromatic rings. The summed E-state index contributed by atoms with van der Waals surface area (Å²) in [5.41, 5.74) is 12.8. The number of anilines is 1. The lowest BCUT2D eigenvalue weighted by molar-refractivity contribution is 0.102. The van der Waals surface area contributed by atoms with Gasteiger partial charge in [0.25, 0.3) is 0 Å². The first-order valence-electron chi connectivity index (χ1n) is 26.9. The van der Waals surface area contributed by atoms with E-state index in [1.165, 1.54) is 6.20 Å². The Balaban J connectivity index is 0.000000171. The molecule has 0 bridgehead atoms. The average molecular weight is 1240 g/mol. The molecule has 0 atom stereocenters. The van der Waals surface area contributed by atoms with E-state index in [0.717, 1.165) is 55.1 Å². The number of aryl methyl sites for hydroxylation is 1. The van der Waals surface area contributed by atoms with Crippen molar-refractivity contribution in [1.29, 1.82) is 0 Å². The number of hydrogen-bond acceptors (Lipinski definition) is 10. The van der Waals surface area contributed by atoms with E-state index in [4.69, 9.17) is 34.8 Å². The van der Waals surface area contributed by atoms with Gasteiger partial charge in [0.2, 0.25) is 17.3 Å². The number of halogens is 4. The predicted molar refractivity (Wildman–Crippen MR) is 348 cm³/mol. The van der Waals surface area contributed by atoms with Gasteiger partial charge in [0, 0.05) is 102 Å². The highest BCUT2D eigenvalue weighted by Crippen LogP contribution is 2.28. The van der Waals surface area contributed by atoms with Crippen LogP contribution in [0.4, 0.5) is 5.69 Å². The second-order valence-electron chi connectivity index (χ2n) is 19.9. The first kappa shape index (κ1) is 59.9. The Morgan fingerprint density at radius 1 is 0.506 bits per heavy atom. The highest BCUT2D eigenvalue weighted by atomic mass is 35.5. The predicted octanol–water partition coefficient (Wildman–Crippen LogP) is 14.9. The molecule has 0 aliphatic carbocycles. The number of imidazole rings is 3.